The number of hydrogen-bond acceptors (Lipinski definition) is 5. The third-order valence-electron chi connectivity index (χ3n) is 2.62. The largest absolute Gasteiger partial charge is 0.396 e. The summed E-state index contributed by atoms with van der Waals surface area (Å²) in [6.07, 6.45) is 2.39. The Morgan fingerprint density at radius 2 is 2.06 bits per heavy atom. The summed E-state index contributed by atoms with van der Waals surface area (Å²) in [6, 6.07) is 0. The molecular formula is C13H23N3OS. The predicted molar refractivity (Wildman–Crippen MR) is 77.3 cm³/mol. The number of nitrogens with one attached hydrogen (secondary N) is 1. The molecule has 0 fully saturated rings. The topological polar surface area (TPSA) is 58.0 Å². The Kier molecular flexibility index (Phi) is 6.43. The molecular weight excluding hydrogens is 246 g/mol. The van der Waals surface area contributed by atoms with Crippen molar-refractivity contribution in [2.45, 2.75) is 50.3 Å². The van der Waals surface area contributed by atoms with E-state index in [1.54, 1.807) is 18.1 Å². The van der Waals surface area contributed by atoms with Crippen molar-refractivity contribution in [1.82, 2.24) is 9.97 Å². The summed E-state index contributed by atoms with van der Waals surface area (Å²) < 4.78 is 0. The molecule has 1 aromatic rings. The lowest BCUT2D eigenvalue weighted by atomic mass is 10.1. The lowest BCUT2D eigenvalue weighted by Gasteiger charge is -2.18. The summed E-state index contributed by atoms with van der Waals surface area (Å²) in [5.74, 6) is 1.31. The van der Waals surface area contributed by atoms with E-state index < -0.39 is 0 Å². The Hall–Kier alpha value is -0.810. The molecule has 0 aliphatic heterocycles. The molecule has 0 radical (unpaired) electrons. The van der Waals surface area contributed by atoms with Crippen LogP contribution in [0.15, 0.2) is 11.4 Å². The molecule has 1 heterocycles. The van der Waals surface area contributed by atoms with Crippen LogP contribution in [-0.2, 0) is 0 Å². The highest BCUT2D eigenvalue weighted by Crippen LogP contribution is 2.34. The van der Waals surface area contributed by atoms with Crippen molar-refractivity contribution in [3.63, 3.8) is 0 Å². The first-order chi connectivity index (χ1) is 8.60. The van der Waals surface area contributed by atoms with E-state index in [1.165, 1.54) is 5.56 Å². The van der Waals surface area contributed by atoms with Gasteiger partial charge in [0.05, 0.1) is 0 Å². The predicted octanol–water partition coefficient (Wildman–Crippen LogP) is 2.89. The average Bonchev–Trinajstić information content (AvgIpc) is 2.29. The molecule has 0 aromatic carbocycles. The van der Waals surface area contributed by atoms with E-state index in [4.69, 9.17) is 5.11 Å². The monoisotopic (exact) mass is 269 g/mol. The molecule has 1 rings (SSSR count). The van der Waals surface area contributed by atoms with Gasteiger partial charge < -0.3 is 10.4 Å². The van der Waals surface area contributed by atoms with Crippen LogP contribution in [0.5, 0.6) is 0 Å². The number of anilines is 1. The summed E-state index contributed by atoms with van der Waals surface area (Å²) in [4.78, 5) is 8.71. The standard InChI is InChI=1S/C13H23N3OS/c1-5-14-12-11(9(2)3)13(16-8-15-12)18-10(4)6-7-17/h8-10,17H,5-7H2,1-4H3,(H,14,15,16). The summed E-state index contributed by atoms with van der Waals surface area (Å²) in [7, 11) is 0. The number of aromatic nitrogens is 2. The molecule has 5 heteroatoms. The minimum Gasteiger partial charge on any atom is -0.396 e. The van der Waals surface area contributed by atoms with E-state index in [0.29, 0.717) is 11.2 Å². The van der Waals surface area contributed by atoms with Gasteiger partial charge in [0.15, 0.2) is 0 Å². The average molecular weight is 269 g/mol. The zero-order valence-electron chi connectivity index (χ0n) is 11.6. The minimum absolute atomic E-state index is 0.219. The summed E-state index contributed by atoms with van der Waals surface area (Å²) in [5.41, 5.74) is 1.18. The Labute approximate surface area is 114 Å². The third kappa shape index (κ3) is 4.14. The van der Waals surface area contributed by atoms with Crippen LogP contribution >= 0.6 is 11.8 Å². The minimum atomic E-state index is 0.219. The zero-order chi connectivity index (χ0) is 13.5. The second-order valence-electron chi connectivity index (χ2n) is 4.57. The van der Waals surface area contributed by atoms with E-state index in [-0.39, 0.29) is 6.61 Å². The molecule has 1 aromatic heterocycles. The second kappa shape index (κ2) is 7.59. The quantitative estimate of drug-likeness (QED) is 0.589. The molecule has 1 atom stereocenters. The van der Waals surface area contributed by atoms with Crippen LogP contribution in [0.2, 0.25) is 0 Å². The maximum atomic E-state index is 8.97. The fraction of sp³-hybridized carbons (Fsp3) is 0.692. The van der Waals surface area contributed by atoms with Gasteiger partial charge in [-0.3, -0.25) is 0 Å². The highest BCUT2D eigenvalue weighted by Gasteiger charge is 2.16. The van der Waals surface area contributed by atoms with Gasteiger partial charge in [-0.2, -0.15) is 0 Å². The van der Waals surface area contributed by atoms with Crippen molar-refractivity contribution >= 4 is 17.6 Å². The fourth-order valence-electron chi connectivity index (χ4n) is 1.73. The first-order valence-corrected chi connectivity index (χ1v) is 7.34. The number of aliphatic hydroxyl groups excluding tert-OH is 1. The van der Waals surface area contributed by atoms with E-state index in [9.17, 15) is 0 Å². The van der Waals surface area contributed by atoms with Gasteiger partial charge in [-0.15, -0.1) is 11.8 Å². The summed E-state index contributed by atoms with van der Waals surface area (Å²) in [6.45, 7) is 9.55. The van der Waals surface area contributed by atoms with Gasteiger partial charge in [0.1, 0.15) is 17.2 Å². The Morgan fingerprint density at radius 3 is 2.61 bits per heavy atom. The second-order valence-corrected chi connectivity index (χ2v) is 5.99. The number of aliphatic hydroxyl groups is 1. The molecule has 0 bridgehead atoms. The van der Waals surface area contributed by atoms with Gasteiger partial charge in [0.2, 0.25) is 0 Å². The van der Waals surface area contributed by atoms with E-state index in [2.05, 4.69) is 43.0 Å². The van der Waals surface area contributed by atoms with Crippen molar-refractivity contribution in [3.05, 3.63) is 11.9 Å². The molecule has 0 saturated heterocycles. The molecule has 4 nitrogen and oxygen atoms in total. The number of thioether (sulfide) groups is 1. The van der Waals surface area contributed by atoms with Crippen LogP contribution in [0.25, 0.3) is 0 Å². The third-order valence-corrected chi connectivity index (χ3v) is 3.80. The highest BCUT2D eigenvalue weighted by atomic mass is 32.2. The molecule has 2 N–H and O–H groups in total. The van der Waals surface area contributed by atoms with Crippen LogP contribution in [0.4, 0.5) is 5.82 Å². The lowest BCUT2D eigenvalue weighted by Crippen LogP contribution is -2.09. The Balaban J connectivity index is 2.98. The van der Waals surface area contributed by atoms with E-state index >= 15 is 0 Å². The molecule has 0 amide bonds. The maximum Gasteiger partial charge on any atom is 0.133 e. The molecule has 0 aliphatic carbocycles. The van der Waals surface area contributed by atoms with Crippen molar-refractivity contribution < 1.29 is 5.11 Å². The molecule has 0 spiro atoms. The van der Waals surface area contributed by atoms with Crippen LogP contribution in [0.1, 0.15) is 45.6 Å². The van der Waals surface area contributed by atoms with E-state index in [0.717, 1.165) is 23.8 Å². The fourth-order valence-corrected chi connectivity index (χ4v) is 2.91. The molecule has 102 valence electrons. The van der Waals surface area contributed by atoms with Gasteiger partial charge in [-0.25, -0.2) is 9.97 Å². The first-order valence-electron chi connectivity index (χ1n) is 6.46. The zero-order valence-corrected chi connectivity index (χ0v) is 12.4. The molecule has 0 saturated carbocycles. The summed E-state index contributed by atoms with van der Waals surface area (Å²) in [5, 5.41) is 13.6. The van der Waals surface area contributed by atoms with Crippen molar-refractivity contribution in [2.75, 3.05) is 18.5 Å². The van der Waals surface area contributed by atoms with Crippen molar-refractivity contribution in [2.24, 2.45) is 0 Å². The van der Waals surface area contributed by atoms with Gasteiger partial charge in [0.25, 0.3) is 0 Å². The van der Waals surface area contributed by atoms with Gasteiger partial charge >= 0.3 is 0 Å². The van der Waals surface area contributed by atoms with Crippen molar-refractivity contribution in [1.29, 1.82) is 0 Å². The number of hydrogen-bond donors (Lipinski definition) is 2. The highest BCUT2D eigenvalue weighted by molar-refractivity contribution is 7.99. The van der Waals surface area contributed by atoms with Gasteiger partial charge in [-0.05, 0) is 19.3 Å². The van der Waals surface area contributed by atoms with E-state index in [1.807, 2.05) is 0 Å². The first kappa shape index (κ1) is 15.2. The summed E-state index contributed by atoms with van der Waals surface area (Å²) >= 11 is 1.71. The molecule has 0 aliphatic rings. The maximum absolute atomic E-state index is 8.97. The van der Waals surface area contributed by atoms with Gasteiger partial charge in [0, 0.05) is 24.0 Å². The lowest BCUT2D eigenvalue weighted by molar-refractivity contribution is 0.289. The number of nitrogens with zero attached hydrogens (tertiary/aromatic N) is 2. The smallest absolute Gasteiger partial charge is 0.133 e. The van der Waals surface area contributed by atoms with Crippen LogP contribution in [0, 0.1) is 0 Å². The normalized spacial score (nSPS) is 12.8. The molecule has 18 heavy (non-hydrogen) atoms. The SMILES string of the molecule is CCNc1ncnc(SC(C)CCO)c1C(C)C. The Morgan fingerprint density at radius 1 is 1.33 bits per heavy atom. The molecule has 1 unspecified atom stereocenters. The number of rotatable bonds is 7. The van der Waals surface area contributed by atoms with Crippen molar-refractivity contribution in [3.8, 4) is 0 Å². The van der Waals surface area contributed by atoms with Crippen LogP contribution in [-0.4, -0.2) is 33.5 Å². The van der Waals surface area contributed by atoms with Crippen LogP contribution < -0.4 is 5.32 Å². The van der Waals surface area contributed by atoms with Crippen LogP contribution in [0.3, 0.4) is 0 Å². The van der Waals surface area contributed by atoms with Gasteiger partial charge in [-0.1, -0.05) is 20.8 Å². The Bertz CT molecular complexity index is 371.